The summed E-state index contributed by atoms with van der Waals surface area (Å²) in [6.45, 7) is 1.38. The molecule has 0 saturated heterocycles. The van der Waals surface area contributed by atoms with Crippen molar-refractivity contribution in [1.82, 2.24) is 5.32 Å². The second-order valence-corrected chi connectivity index (χ2v) is 4.78. The largest absolute Gasteiger partial charge is 0.394 e. The minimum absolute atomic E-state index is 0.108. The molecule has 98 valence electrons. The van der Waals surface area contributed by atoms with Crippen LogP contribution in [-0.2, 0) is 4.79 Å². The van der Waals surface area contributed by atoms with E-state index in [0.29, 0.717) is 12.8 Å². The first kappa shape index (κ1) is 14.2. The smallest absolute Gasteiger partial charge is 0.224 e. The molecule has 3 N–H and O–H groups in total. The van der Waals surface area contributed by atoms with Gasteiger partial charge in [-0.1, -0.05) is 18.6 Å². The number of carbonyl (C=O) groups excluding carboxylic acids is 1. The molecule has 4 nitrogen and oxygen atoms in total. The lowest BCUT2D eigenvalue weighted by molar-refractivity contribution is -0.123. The van der Waals surface area contributed by atoms with E-state index in [2.05, 4.69) is 11.4 Å². The van der Waals surface area contributed by atoms with Gasteiger partial charge in [0.05, 0.1) is 18.8 Å². The number of rotatable bonds is 6. The summed E-state index contributed by atoms with van der Waals surface area (Å²) < 4.78 is 0. The van der Waals surface area contributed by atoms with E-state index in [-0.39, 0.29) is 19.1 Å². The lowest BCUT2D eigenvalue weighted by Gasteiger charge is -2.30. The zero-order valence-electron chi connectivity index (χ0n) is 10.5. The second-order valence-electron chi connectivity index (χ2n) is 4.78. The van der Waals surface area contributed by atoms with Crippen molar-refractivity contribution < 1.29 is 15.0 Å². The number of hydrogen-bond acceptors (Lipinski definition) is 3. The molecule has 0 spiro atoms. The number of hydrogen-bond donors (Lipinski definition) is 3. The highest BCUT2D eigenvalue weighted by atomic mass is 16.3. The van der Waals surface area contributed by atoms with Crippen LogP contribution in [0.1, 0.15) is 45.4 Å². The van der Waals surface area contributed by atoms with Crippen molar-refractivity contribution in [3.05, 3.63) is 11.6 Å². The molecular formula is C13H23NO3. The Balaban J connectivity index is 2.50. The van der Waals surface area contributed by atoms with Crippen molar-refractivity contribution in [2.75, 3.05) is 13.2 Å². The lowest BCUT2D eigenvalue weighted by Crippen LogP contribution is -2.53. The van der Waals surface area contributed by atoms with Crippen molar-refractivity contribution in [2.45, 2.75) is 51.0 Å². The third-order valence-corrected chi connectivity index (χ3v) is 3.46. The molecular weight excluding hydrogens is 218 g/mol. The molecule has 1 aliphatic carbocycles. The Bertz CT molecular complexity index is 274. The quantitative estimate of drug-likeness (QED) is 0.610. The molecule has 0 aromatic carbocycles. The molecule has 0 aromatic heterocycles. The van der Waals surface area contributed by atoms with Crippen LogP contribution in [0.2, 0.25) is 0 Å². The molecule has 0 unspecified atom stereocenters. The number of nitrogens with one attached hydrogen (secondary N) is 1. The number of aliphatic hydroxyl groups excluding tert-OH is 2. The third kappa shape index (κ3) is 4.13. The van der Waals surface area contributed by atoms with Crippen molar-refractivity contribution in [1.29, 1.82) is 0 Å². The standard InChI is InChI=1S/C13H23NO3/c1-2-13(9-15,10-16)14-12(17)8-11-6-4-3-5-7-11/h6,15-16H,2-5,7-10H2,1H3,(H,14,17). The average Bonchev–Trinajstić information content (AvgIpc) is 2.37. The first-order chi connectivity index (χ1) is 8.15. The predicted octanol–water partition coefficient (Wildman–Crippen LogP) is 1.13. The maximum absolute atomic E-state index is 11.8. The topological polar surface area (TPSA) is 69.6 Å². The van der Waals surface area contributed by atoms with Crippen LogP contribution in [0.25, 0.3) is 0 Å². The van der Waals surface area contributed by atoms with Crippen LogP contribution in [0.5, 0.6) is 0 Å². The van der Waals surface area contributed by atoms with Gasteiger partial charge in [0.2, 0.25) is 5.91 Å². The van der Waals surface area contributed by atoms with Crippen LogP contribution in [0, 0.1) is 0 Å². The summed E-state index contributed by atoms with van der Waals surface area (Å²) in [4.78, 5) is 11.8. The molecule has 0 saturated carbocycles. The first-order valence-corrected chi connectivity index (χ1v) is 6.36. The van der Waals surface area contributed by atoms with Gasteiger partial charge >= 0.3 is 0 Å². The highest BCUT2D eigenvalue weighted by Crippen LogP contribution is 2.20. The Labute approximate surface area is 103 Å². The van der Waals surface area contributed by atoms with E-state index in [1.807, 2.05) is 6.92 Å². The average molecular weight is 241 g/mol. The van der Waals surface area contributed by atoms with Crippen LogP contribution >= 0.6 is 0 Å². The van der Waals surface area contributed by atoms with Crippen molar-refractivity contribution in [3.63, 3.8) is 0 Å². The fourth-order valence-corrected chi connectivity index (χ4v) is 2.05. The monoisotopic (exact) mass is 241 g/mol. The molecule has 1 amide bonds. The highest BCUT2D eigenvalue weighted by Gasteiger charge is 2.28. The Morgan fingerprint density at radius 3 is 2.59 bits per heavy atom. The second kappa shape index (κ2) is 6.77. The van der Waals surface area contributed by atoms with E-state index in [9.17, 15) is 15.0 Å². The predicted molar refractivity (Wildman–Crippen MR) is 66.5 cm³/mol. The van der Waals surface area contributed by atoms with Crippen molar-refractivity contribution in [2.24, 2.45) is 0 Å². The van der Waals surface area contributed by atoms with E-state index < -0.39 is 5.54 Å². The maximum Gasteiger partial charge on any atom is 0.224 e. The molecule has 0 atom stereocenters. The molecule has 1 rings (SSSR count). The van der Waals surface area contributed by atoms with Crippen LogP contribution in [0.3, 0.4) is 0 Å². The van der Waals surface area contributed by atoms with E-state index >= 15 is 0 Å². The normalized spacial score (nSPS) is 16.5. The summed E-state index contributed by atoms with van der Waals surface area (Å²) in [6, 6.07) is 0. The van der Waals surface area contributed by atoms with Crippen LogP contribution in [0.4, 0.5) is 0 Å². The van der Waals surface area contributed by atoms with Crippen LogP contribution < -0.4 is 5.32 Å². The fourth-order valence-electron chi connectivity index (χ4n) is 2.05. The number of aliphatic hydroxyl groups is 2. The van der Waals surface area contributed by atoms with Crippen molar-refractivity contribution >= 4 is 5.91 Å². The van der Waals surface area contributed by atoms with Gasteiger partial charge in [0.1, 0.15) is 0 Å². The molecule has 0 aliphatic heterocycles. The minimum atomic E-state index is -0.869. The molecule has 0 fully saturated rings. The summed E-state index contributed by atoms with van der Waals surface area (Å²) in [5, 5.41) is 21.2. The van der Waals surface area contributed by atoms with Crippen molar-refractivity contribution in [3.8, 4) is 0 Å². The van der Waals surface area contributed by atoms with Gasteiger partial charge in [-0.3, -0.25) is 4.79 Å². The highest BCUT2D eigenvalue weighted by molar-refractivity contribution is 5.79. The molecule has 0 aromatic rings. The van der Waals surface area contributed by atoms with E-state index in [1.54, 1.807) is 0 Å². The molecule has 17 heavy (non-hydrogen) atoms. The Hall–Kier alpha value is -0.870. The van der Waals surface area contributed by atoms with Gasteiger partial charge in [-0.15, -0.1) is 0 Å². The number of carbonyl (C=O) groups is 1. The van der Waals surface area contributed by atoms with Gasteiger partial charge < -0.3 is 15.5 Å². The summed E-state index contributed by atoms with van der Waals surface area (Å²) in [5.41, 5.74) is 0.307. The first-order valence-electron chi connectivity index (χ1n) is 6.36. The van der Waals surface area contributed by atoms with Gasteiger partial charge in [-0.05, 0) is 32.1 Å². The lowest BCUT2D eigenvalue weighted by atomic mass is 9.95. The van der Waals surface area contributed by atoms with E-state index in [1.165, 1.54) is 12.0 Å². The van der Waals surface area contributed by atoms with Crippen LogP contribution in [0.15, 0.2) is 11.6 Å². The zero-order valence-corrected chi connectivity index (χ0v) is 10.5. The Morgan fingerprint density at radius 1 is 1.41 bits per heavy atom. The third-order valence-electron chi connectivity index (χ3n) is 3.46. The summed E-state index contributed by atoms with van der Waals surface area (Å²) in [5.74, 6) is -0.108. The van der Waals surface area contributed by atoms with Gasteiger partial charge in [0.15, 0.2) is 0 Å². The number of amides is 1. The molecule has 0 radical (unpaired) electrons. The zero-order chi connectivity index (χ0) is 12.7. The van der Waals surface area contributed by atoms with Gasteiger partial charge in [-0.25, -0.2) is 0 Å². The minimum Gasteiger partial charge on any atom is -0.394 e. The molecule has 1 aliphatic rings. The SMILES string of the molecule is CCC(CO)(CO)NC(=O)CC1=CCCCC1. The molecule has 0 bridgehead atoms. The fraction of sp³-hybridized carbons (Fsp3) is 0.769. The van der Waals surface area contributed by atoms with E-state index in [0.717, 1.165) is 19.3 Å². The molecule has 0 heterocycles. The van der Waals surface area contributed by atoms with Gasteiger partial charge in [0, 0.05) is 6.42 Å². The Morgan fingerprint density at radius 2 is 2.12 bits per heavy atom. The summed E-state index contributed by atoms with van der Waals surface area (Å²) >= 11 is 0. The molecule has 4 heteroatoms. The van der Waals surface area contributed by atoms with Crippen LogP contribution in [-0.4, -0.2) is 34.9 Å². The Kier molecular flexibility index (Phi) is 5.65. The van der Waals surface area contributed by atoms with E-state index in [4.69, 9.17) is 0 Å². The summed E-state index contributed by atoms with van der Waals surface area (Å²) in [7, 11) is 0. The summed E-state index contributed by atoms with van der Waals surface area (Å²) in [6.07, 6.45) is 7.45. The maximum atomic E-state index is 11.8. The van der Waals surface area contributed by atoms with Gasteiger partial charge in [-0.2, -0.15) is 0 Å². The number of allylic oxidation sites excluding steroid dienone is 1. The van der Waals surface area contributed by atoms with Gasteiger partial charge in [0.25, 0.3) is 0 Å².